The summed E-state index contributed by atoms with van der Waals surface area (Å²) in [5.41, 5.74) is -1.02. The van der Waals surface area contributed by atoms with E-state index in [9.17, 15) is 25.5 Å². The van der Waals surface area contributed by atoms with Gasteiger partial charge in [0.25, 0.3) is 0 Å². The molecule has 434 valence electrons. The second-order valence-electron chi connectivity index (χ2n) is 25.6. The van der Waals surface area contributed by atoms with Crippen molar-refractivity contribution in [2.24, 2.45) is 23.7 Å². The van der Waals surface area contributed by atoms with Crippen molar-refractivity contribution in [3.63, 3.8) is 0 Å². The molecule has 13 rings (SSSR count). The molecule has 18 nitrogen and oxygen atoms in total. The molecule has 0 amide bonds. The Morgan fingerprint density at radius 3 is 1.94 bits per heavy atom. The van der Waals surface area contributed by atoms with Crippen LogP contribution in [0.4, 0.5) is 0 Å². The molecule has 9 fully saturated rings. The van der Waals surface area contributed by atoms with Crippen LogP contribution < -0.4 is 0 Å². The molecule has 0 aromatic rings. The minimum Gasteiger partial charge on any atom is -0.393 e. The van der Waals surface area contributed by atoms with Crippen LogP contribution in [0.25, 0.3) is 0 Å². The van der Waals surface area contributed by atoms with E-state index in [1.165, 1.54) is 6.08 Å². The van der Waals surface area contributed by atoms with Gasteiger partial charge in [-0.3, -0.25) is 0 Å². The highest BCUT2D eigenvalue weighted by atomic mass is 16.7. The number of fused-ring (bicyclic) bond motifs is 11. The molecular formula is C60H86O18. The van der Waals surface area contributed by atoms with Gasteiger partial charge in [-0.05, 0) is 57.3 Å². The van der Waals surface area contributed by atoms with Crippen molar-refractivity contribution in [1.82, 2.24) is 0 Å². The highest BCUT2D eigenvalue weighted by Crippen LogP contribution is 2.52. The number of rotatable bonds is 3. The molecule has 13 aliphatic rings. The fourth-order valence-electron chi connectivity index (χ4n) is 15.9. The van der Waals surface area contributed by atoms with Gasteiger partial charge in [-0.1, -0.05) is 88.5 Å². The largest absolute Gasteiger partial charge is 0.393 e. The van der Waals surface area contributed by atoms with Crippen LogP contribution in [0.3, 0.4) is 0 Å². The third-order valence-corrected chi connectivity index (χ3v) is 20.6. The van der Waals surface area contributed by atoms with E-state index in [0.717, 1.165) is 25.7 Å². The summed E-state index contributed by atoms with van der Waals surface area (Å²) in [6.45, 7) is 11.0. The van der Waals surface area contributed by atoms with E-state index in [1.807, 2.05) is 43.4 Å². The molecule has 78 heavy (non-hydrogen) atoms. The third-order valence-electron chi connectivity index (χ3n) is 20.6. The number of ether oxygens (including phenoxy) is 13. The molecule has 0 saturated carbocycles. The summed E-state index contributed by atoms with van der Waals surface area (Å²) in [6, 6.07) is 0. The summed E-state index contributed by atoms with van der Waals surface area (Å²) in [5.74, 6) is -0.520. The number of hydrogen-bond acceptors (Lipinski definition) is 18. The van der Waals surface area contributed by atoms with Crippen LogP contribution in [-0.2, 0) is 61.6 Å². The first-order valence-electron chi connectivity index (χ1n) is 29.9. The number of aliphatic hydroxyl groups excluding tert-OH is 5. The lowest BCUT2D eigenvalue weighted by Gasteiger charge is -2.53. The van der Waals surface area contributed by atoms with E-state index < -0.39 is 116 Å². The molecule has 0 unspecified atom stereocenters. The summed E-state index contributed by atoms with van der Waals surface area (Å²) in [4.78, 5) is 0. The molecule has 1 spiro atoms. The lowest BCUT2D eigenvalue weighted by Crippen LogP contribution is -2.63. The van der Waals surface area contributed by atoms with Crippen molar-refractivity contribution in [3.8, 4) is 0 Å². The number of aliphatic hydroxyl groups is 5. The molecule has 0 radical (unpaired) electrons. The van der Waals surface area contributed by atoms with Gasteiger partial charge in [-0.25, -0.2) is 0 Å². The zero-order valence-corrected chi connectivity index (χ0v) is 45.8. The minimum absolute atomic E-state index is 0.0912. The summed E-state index contributed by atoms with van der Waals surface area (Å²) in [5, 5.41) is 55.4. The average Bonchev–Trinajstić information content (AvgIpc) is 3.66. The molecule has 13 heterocycles. The Morgan fingerprint density at radius 1 is 0.526 bits per heavy atom. The van der Waals surface area contributed by atoms with Gasteiger partial charge >= 0.3 is 0 Å². The van der Waals surface area contributed by atoms with Crippen LogP contribution in [0.1, 0.15) is 105 Å². The SMILES string of the molecule is C[C@@H]1C[C@@H]2O[C@@H]3[C@@H](C)[C@H](O)[C@@H]4O[C@]5(CCCO5)[C@@H](C)[C@H](C)[C@H]4O[C@H]3C[C@H]2O[C@H]2C[C@H]3O[C@H]4C/C=C/C[C@H]5O[C@H]6C=C[C@H]7O[C@H]8[C@H](O)[C@H]9O[C@@H](/C=C/[C@H](O)CO)C=CC[C@@H]9O[C@@H]8C[C@@H]7O[C@@H]6C=C[C@@H]5O[C@@H]4C[C@@H](O)[C@]3(C)O[C@@H]2C1. The molecule has 0 bridgehead atoms. The molecule has 13 aliphatic heterocycles. The van der Waals surface area contributed by atoms with Gasteiger partial charge in [0, 0.05) is 43.9 Å². The molecule has 0 aromatic carbocycles. The maximum absolute atomic E-state index is 12.4. The predicted molar refractivity (Wildman–Crippen MR) is 278 cm³/mol. The first kappa shape index (κ1) is 55.2. The Labute approximate surface area is 458 Å². The number of hydrogen-bond donors (Lipinski definition) is 5. The van der Waals surface area contributed by atoms with Crippen molar-refractivity contribution < 1.29 is 87.1 Å². The van der Waals surface area contributed by atoms with Crippen molar-refractivity contribution in [3.05, 3.63) is 60.8 Å². The normalized spacial score (nSPS) is 56.5. The van der Waals surface area contributed by atoms with Gasteiger partial charge in [-0.2, -0.15) is 0 Å². The topological polar surface area (TPSA) is 221 Å². The molecule has 9 saturated heterocycles. The highest BCUT2D eigenvalue weighted by Gasteiger charge is 2.62. The van der Waals surface area contributed by atoms with E-state index in [4.69, 9.17) is 61.6 Å². The van der Waals surface area contributed by atoms with Gasteiger partial charge in [-0.15, -0.1) is 0 Å². The second kappa shape index (κ2) is 22.2. The first-order valence-corrected chi connectivity index (χ1v) is 29.9. The molecule has 0 aromatic heterocycles. The Kier molecular flexibility index (Phi) is 15.7. The molecule has 32 atom stereocenters. The monoisotopic (exact) mass is 1090 g/mol. The van der Waals surface area contributed by atoms with Crippen LogP contribution in [0.2, 0.25) is 0 Å². The predicted octanol–water partition coefficient (Wildman–Crippen LogP) is 4.00. The summed E-state index contributed by atoms with van der Waals surface area (Å²) in [6.07, 6.45) is 13.4. The van der Waals surface area contributed by atoms with Crippen molar-refractivity contribution >= 4 is 0 Å². The zero-order valence-electron chi connectivity index (χ0n) is 45.8. The van der Waals surface area contributed by atoms with E-state index in [2.05, 4.69) is 39.8 Å². The van der Waals surface area contributed by atoms with Crippen LogP contribution in [-0.4, -0.2) is 209 Å². The van der Waals surface area contributed by atoms with Gasteiger partial charge in [0.2, 0.25) is 0 Å². The molecule has 18 heteroatoms. The van der Waals surface area contributed by atoms with E-state index in [1.54, 1.807) is 6.08 Å². The Balaban J connectivity index is 0.678. The van der Waals surface area contributed by atoms with Crippen molar-refractivity contribution in [1.29, 1.82) is 0 Å². The maximum atomic E-state index is 12.4. The maximum Gasteiger partial charge on any atom is 0.171 e. The Morgan fingerprint density at radius 2 is 1.15 bits per heavy atom. The molecular weight excluding hydrogens is 1010 g/mol. The zero-order chi connectivity index (χ0) is 53.8. The summed E-state index contributed by atoms with van der Waals surface area (Å²) in [7, 11) is 0. The quantitative estimate of drug-likeness (QED) is 0.252. The highest BCUT2D eigenvalue weighted by molar-refractivity contribution is 5.18. The lowest BCUT2D eigenvalue weighted by atomic mass is 9.76. The average molecular weight is 1100 g/mol. The third kappa shape index (κ3) is 10.2. The van der Waals surface area contributed by atoms with E-state index >= 15 is 0 Å². The van der Waals surface area contributed by atoms with Gasteiger partial charge in [0.05, 0.1) is 123 Å². The first-order chi connectivity index (χ1) is 37.6. The fraction of sp³-hybridized carbons (Fsp3) is 0.833. The second-order valence-corrected chi connectivity index (χ2v) is 25.6. The van der Waals surface area contributed by atoms with Gasteiger partial charge in [0.15, 0.2) is 5.79 Å². The fourth-order valence-corrected chi connectivity index (χ4v) is 15.9. The van der Waals surface area contributed by atoms with Crippen LogP contribution in [0.5, 0.6) is 0 Å². The van der Waals surface area contributed by atoms with Crippen molar-refractivity contribution in [2.75, 3.05) is 13.2 Å². The smallest absolute Gasteiger partial charge is 0.171 e. The van der Waals surface area contributed by atoms with Crippen molar-refractivity contribution in [2.45, 2.75) is 275 Å². The van der Waals surface area contributed by atoms with E-state index in [-0.39, 0.29) is 84.7 Å². The van der Waals surface area contributed by atoms with Crippen LogP contribution in [0.15, 0.2) is 60.8 Å². The minimum atomic E-state index is -1.02. The van der Waals surface area contributed by atoms with Crippen LogP contribution in [0, 0.1) is 23.7 Å². The molecule has 5 N–H and O–H groups in total. The standard InChI is InChI=1S/C60H86O18/c1-29-22-42-44(25-48-54(75-42)31(3)52(64)58-55(76-48)30(2)32(4)60(78-58)20-9-21-66-60)72-46-27-51-59(5,77-47(46)23-29)50(63)26-45-36(73-51)12-7-6-11-35-37(70-45)16-17-39-38(68-35)18-19-40-43(69-39)24-49-57(74-40)53(65)56-41(71-49)13-8-10-34(67-56)15-14-33(62)28-61/h6-8,10,14-19,29-58,61-65H,9,11-13,20-28H2,1-5H3/b7-6+,15-14+/t29-,30+,31+,32+,33+,34-,35-,36+,37+,38+,39-,40-,41+,42+,43+,44-,45-,46+,47-,48+,49-,50-,51-,52+,53-,54-,55-,56+,57-,58+,59+,60-/m1/s1. The van der Waals surface area contributed by atoms with Gasteiger partial charge < -0.3 is 87.1 Å². The Bertz CT molecular complexity index is 2250. The Hall–Kier alpha value is -2.02. The molecule has 0 aliphatic carbocycles. The summed E-state index contributed by atoms with van der Waals surface area (Å²) >= 11 is 0. The van der Waals surface area contributed by atoms with Gasteiger partial charge in [0.1, 0.15) is 54.4 Å². The lowest BCUT2D eigenvalue weighted by molar-refractivity contribution is -0.339. The van der Waals surface area contributed by atoms with E-state index in [0.29, 0.717) is 51.6 Å². The summed E-state index contributed by atoms with van der Waals surface area (Å²) < 4.78 is 89.3. The van der Waals surface area contributed by atoms with Crippen LogP contribution >= 0.6 is 0 Å².